The van der Waals surface area contributed by atoms with Crippen molar-refractivity contribution in [2.45, 2.75) is 52.7 Å². The Morgan fingerprint density at radius 3 is 2.59 bits per heavy atom. The van der Waals surface area contributed by atoms with Gasteiger partial charge in [0.05, 0.1) is 12.1 Å². The topological polar surface area (TPSA) is 84.7 Å². The van der Waals surface area contributed by atoms with Gasteiger partial charge in [-0.2, -0.15) is 0 Å². The van der Waals surface area contributed by atoms with Crippen molar-refractivity contribution in [3.05, 3.63) is 17.5 Å². The van der Waals surface area contributed by atoms with Gasteiger partial charge in [-0.3, -0.25) is 4.79 Å². The first-order valence-electron chi connectivity index (χ1n) is 7.22. The molecule has 0 spiro atoms. The fraction of sp³-hybridized carbons (Fsp3) is 0.667. The van der Waals surface area contributed by atoms with Crippen molar-refractivity contribution in [3.8, 4) is 0 Å². The zero-order valence-corrected chi connectivity index (χ0v) is 14.1. The van der Waals surface area contributed by atoms with E-state index >= 15 is 0 Å². The van der Waals surface area contributed by atoms with E-state index in [0.717, 1.165) is 0 Å². The molecule has 0 saturated carbocycles. The number of rotatable bonds is 5. The van der Waals surface area contributed by atoms with Crippen LogP contribution in [0.5, 0.6) is 0 Å². The van der Waals surface area contributed by atoms with Crippen LogP contribution in [0.3, 0.4) is 0 Å². The Bertz CT molecular complexity index is 519. The fourth-order valence-electron chi connectivity index (χ4n) is 1.86. The number of alkyl carbamates (subject to hydrolysis) is 1. The number of nitrogens with one attached hydrogen (secondary N) is 1. The smallest absolute Gasteiger partial charge is 0.407 e. The van der Waals surface area contributed by atoms with Gasteiger partial charge in [-0.05, 0) is 34.6 Å². The monoisotopic (exact) mass is 311 g/mol. The summed E-state index contributed by atoms with van der Waals surface area (Å²) in [6.45, 7) is 9.37. The Balaban J connectivity index is 2.41. The Kier molecular flexibility index (Phi) is 5.96. The molecule has 1 N–H and O–H groups in total. The molecule has 0 saturated heterocycles. The minimum Gasteiger partial charge on any atom is -0.444 e. The number of aromatic nitrogens is 1. The lowest BCUT2D eigenvalue weighted by Gasteiger charge is -2.24. The summed E-state index contributed by atoms with van der Waals surface area (Å²) < 4.78 is 10.1. The molecular weight excluding hydrogens is 286 g/mol. The number of hydrogen-bond donors (Lipinski definition) is 1. The standard InChI is InChI=1S/C15H25N3O4/c1-10(16-14(20)21-15(3,4)5)9-18(6)13(19)8-12-7-11(2)22-17-12/h7,10H,8-9H2,1-6H3,(H,16,20). The zero-order valence-electron chi connectivity index (χ0n) is 14.1. The molecule has 0 bridgehead atoms. The van der Waals surface area contributed by atoms with Crippen LogP contribution in [0.25, 0.3) is 0 Å². The van der Waals surface area contributed by atoms with Crippen LogP contribution >= 0.6 is 0 Å². The molecule has 0 aliphatic rings. The van der Waals surface area contributed by atoms with E-state index in [9.17, 15) is 9.59 Å². The lowest BCUT2D eigenvalue weighted by molar-refractivity contribution is -0.129. The predicted molar refractivity (Wildman–Crippen MR) is 81.4 cm³/mol. The minimum atomic E-state index is -0.545. The second-order valence-corrected chi connectivity index (χ2v) is 6.43. The van der Waals surface area contributed by atoms with Crippen LogP contribution in [0.4, 0.5) is 4.79 Å². The highest BCUT2D eigenvalue weighted by Gasteiger charge is 2.20. The Morgan fingerprint density at radius 2 is 2.09 bits per heavy atom. The van der Waals surface area contributed by atoms with Crippen molar-refractivity contribution >= 4 is 12.0 Å². The van der Waals surface area contributed by atoms with Gasteiger partial charge >= 0.3 is 6.09 Å². The number of carbonyl (C=O) groups excluding carboxylic acids is 2. The third kappa shape index (κ3) is 6.60. The quantitative estimate of drug-likeness (QED) is 0.897. The highest BCUT2D eigenvalue weighted by Crippen LogP contribution is 2.07. The van der Waals surface area contributed by atoms with Crippen LogP contribution < -0.4 is 5.32 Å². The molecule has 0 radical (unpaired) electrons. The average molecular weight is 311 g/mol. The molecule has 1 unspecified atom stereocenters. The van der Waals surface area contributed by atoms with E-state index in [-0.39, 0.29) is 18.4 Å². The number of amides is 2. The van der Waals surface area contributed by atoms with Crippen molar-refractivity contribution < 1.29 is 18.8 Å². The van der Waals surface area contributed by atoms with Gasteiger partial charge in [-0.1, -0.05) is 5.16 Å². The van der Waals surface area contributed by atoms with Crippen molar-refractivity contribution in [3.63, 3.8) is 0 Å². The summed E-state index contributed by atoms with van der Waals surface area (Å²) in [7, 11) is 1.68. The van der Waals surface area contributed by atoms with Crippen LogP contribution in [0.2, 0.25) is 0 Å². The van der Waals surface area contributed by atoms with Crippen molar-refractivity contribution in [2.24, 2.45) is 0 Å². The largest absolute Gasteiger partial charge is 0.444 e. The minimum absolute atomic E-state index is 0.0915. The van der Waals surface area contributed by atoms with E-state index in [2.05, 4.69) is 10.5 Å². The normalized spacial score (nSPS) is 12.6. The van der Waals surface area contributed by atoms with Gasteiger partial charge in [-0.15, -0.1) is 0 Å². The second kappa shape index (κ2) is 7.29. The number of ether oxygens (including phenoxy) is 1. The van der Waals surface area contributed by atoms with E-state index in [0.29, 0.717) is 18.0 Å². The first kappa shape index (κ1) is 18.0. The molecule has 1 aromatic heterocycles. The molecule has 1 rings (SSSR count). The fourth-order valence-corrected chi connectivity index (χ4v) is 1.86. The molecule has 2 amide bonds. The Labute approximate surface area is 131 Å². The summed E-state index contributed by atoms with van der Waals surface area (Å²) >= 11 is 0. The molecule has 7 nitrogen and oxygen atoms in total. The summed E-state index contributed by atoms with van der Waals surface area (Å²) in [6, 6.07) is 1.51. The number of carbonyl (C=O) groups is 2. The van der Waals surface area contributed by atoms with Gasteiger partial charge in [0.2, 0.25) is 5.91 Å². The molecule has 0 aliphatic carbocycles. The Hall–Kier alpha value is -2.05. The van der Waals surface area contributed by atoms with Crippen LogP contribution in [0.1, 0.15) is 39.1 Å². The van der Waals surface area contributed by atoms with Gasteiger partial charge in [0.15, 0.2) is 0 Å². The van der Waals surface area contributed by atoms with Gasteiger partial charge in [0.25, 0.3) is 0 Å². The summed E-state index contributed by atoms with van der Waals surface area (Å²) in [5.74, 6) is 0.580. The van der Waals surface area contributed by atoms with Gasteiger partial charge in [0.1, 0.15) is 11.4 Å². The summed E-state index contributed by atoms with van der Waals surface area (Å²) in [5, 5.41) is 6.49. The van der Waals surface area contributed by atoms with E-state index in [1.807, 2.05) is 6.92 Å². The molecule has 124 valence electrons. The highest BCUT2D eigenvalue weighted by molar-refractivity contribution is 5.78. The molecule has 0 fully saturated rings. The number of nitrogens with zero attached hydrogens (tertiary/aromatic N) is 2. The van der Waals surface area contributed by atoms with Crippen LogP contribution in [-0.2, 0) is 16.0 Å². The van der Waals surface area contributed by atoms with Crippen molar-refractivity contribution in [2.75, 3.05) is 13.6 Å². The van der Waals surface area contributed by atoms with Crippen LogP contribution in [0.15, 0.2) is 10.6 Å². The van der Waals surface area contributed by atoms with Gasteiger partial charge in [-0.25, -0.2) is 4.79 Å². The lowest BCUT2D eigenvalue weighted by atomic mass is 10.2. The summed E-state index contributed by atoms with van der Waals surface area (Å²) in [4.78, 5) is 25.3. The maximum absolute atomic E-state index is 12.1. The van der Waals surface area contributed by atoms with Crippen LogP contribution in [-0.4, -0.2) is 47.3 Å². The molecule has 1 heterocycles. The third-order valence-corrected chi connectivity index (χ3v) is 2.75. The van der Waals surface area contributed by atoms with E-state index in [1.165, 1.54) is 0 Å². The lowest BCUT2D eigenvalue weighted by Crippen LogP contribution is -2.44. The summed E-state index contributed by atoms with van der Waals surface area (Å²) in [6.07, 6.45) is -0.319. The molecule has 0 aromatic carbocycles. The molecule has 1 aromatic rings. The maximum atomic E-state index is 12.1. The maximum Gasteiger partial charge on any atom is 0.407 e. The Morgan fingerprint density at radius 1 is 1.45 bits per heavy atom. The number of likely N-dealkylation sites (N-methyl/N-ethyl adjacent to an activating group) is 1. The number of hydrogen-bond acceptors (Lipinski definition) is 5. The van der Waals surface area contributed by atoms with E-state index in [4.69, 9.17) is 9.26 Å². The predicted octanol–water partition coefficient (Wildman–Crippen LogP) is 1.90. The molecule has 0 aliphatic heterocycles. The molecule has 7 heteroatoms. The van der Waals surface area contributed by atoms with E-state index < -0.39 is 11.7 Å². The molecule has 1 atom stereocenters. The van der Waals surface area contributed by atoms with Gasteiger partial charge < -0.3 is 19.5 Å². The van der Waals surface area contributed by atoms with E-state index in [1.54, 1.807) is 45.7 Å². The molecular formula is C15H25N3O4. The number of aryl methyl sites for hydroxylation is 1. The van der Waals surface area contributed by atoms with Crippen LogP contribution in [0, 0.1) is 6.92 Å². The summed E-state index contributed by atoms with van der Waals surface area (Å²) in [5.41, 5.74) is 0.0539. The third-order valence-electron chi connectivity index (χ3n) is 2.75. The molecule has 22 heavy (non-hydrogen) atoms. The SMILES string of the molecule is Cc1cc(CC(=O)N(C)CC(C)NC(=O)OC(C)(C)C)no1. The first-order chi connectivity index (χ1) is 10.1. The first-order valence-corrected chi connectivity index (χ1v) is 7.22. The highest BCUT2D eigenvalue weighted by atomic mass is 16.6. The second-order valence-electron chi connectivity index (χ2n) is 6.43. The van der Waals surface area contributed by atoms with Crippen molar-refractivity contribution in [1.82, 2.24) is 15.4 Å². The average Bonchev–Trinajstić information content (AvgIpc) is 2.71. The van der Waals surface area contributed by atoms with Gasteiger partial charge in [0, 0.05) is 25.7 Å². The zero-order chi connectivity index (χ0) is 16.9. The van der Waals surface area contributed by atoms with Crippen molar-refractivity contribution in [1.29, 1.82) is 0 Å².